The first kappa shape index (κ1) is 17.7. The normalized spacial score (nSPS) is 26.4. The van der Waals surface area contributed by atoms with E-state index >= 15 is 0 Å². The number of rotatable bonds is 2. The Bertz CT molecular complexity index is 852. The minimum Gasteiger partial charge on any atom is -0.369 e. The van der Waals surface area contributed by atoms with E-state index in [2.05, 4.69) is 29.1 Å². The van der Waals surface area contributed by atoms with E-state index in [1.54, 1.807) is 12.1 Å². The van der Waals surface area contributed by atoms with Gasteiger partial charge in [0.05, 0.1) is 11.1 Å². The Kier molecular flexibility index (Phi) is 4.22. The zero-order valence-corrected chi connectivity index (χ0v) is 15.4. The van der Waals surface area contributed by atoms with Crippen LogP contribution >= 0.6 is 0 Å². The third-order valence-corrected chi connectivity index (χ3v) is 5.75. The second-order valence-electron chi connectivity index (χ2n) is 7.45. The first-order valence-electron chi connectivity index (χ1n) is 9.17. The maximum absolute atomic E-state index is 12.9. The van der Waals surface area contributed by atoms with Gasteiger partial charge >= 0.3 is 0 Å². The van der Waals surface area contributed by atoms with Gasteiger partial charge in [0.2, 0.25) is 11.8 Å². The Morgan fingerprint density at radius 2 is 1.78 bits per heavy atom. The zero-order valence-electron chi connectivity index (χ0n) is 15.4. The van der Waals surface area contributed by atoms with E-state index in [1.165, 1.54) is 0 Å². The van der Waals surface area contributed by atoms with Crippen LogP contribution in [0.4, 0.5) is 5.69 Å². The summed E-state index contributed by atoms with van der Waals surface area (Å²) in [7, 11) is 2.09. The molecule has 3 aliphatic rings. The molecule has 0 radical (unpaired) electrons. The molecule has 0 aromatic heterocycles. The lowest BCUT2D eigenvalue weighted by Gasteiger charge is -2.39. The summed E-state index contributed by atoms with van der Waals surface area (Å²) in [4.78, 5) is 54.6. The van der Waals surface area contributed by atoms with Crippen molar-refractivity contribution in [2.24, 2.45) is 0 Å². The minimum atomic E-state index is -0.929. The van der Waals surface area contributed by atoms with E-state index in [1.807, 2.05) is 6.07 Å². The fourth-order valence-electron chi connectivity index (χ4n) is 3.94. The average Bonchev–Trinajstić information content (AvgIpc) is 2.88. The third kappa shape index (κ3) is 2.90. The van der Waals surface area contributed by atoms with Crippen LogP contribution in [0.15, 0.2) is 18.2 Å². The maximum Gasteiger partial charge on any atom is 0.262 e. The van der Waals surface area contributed by atoms with Crippen LogP contribution in [0.2, 0.25) is 0 Å². The van der Waals surface area contributed by atoms with Gasteiger partial charge in [0.15, 0.2) is 0 Å². The monoisotopic (exact) mass is 370 g/mol. The molecule has 1 aromatic carbocycles. The summed E-state index contributed by atoms with van der Waals surface area (Å²) < 4.78 is 0. The molecule has 0 spiro atoms. The van der Waals surface area contributed by atoms with Crippen LogP contribution in [0.3, 0.4) is 0 Å². The van der Waals surface area contributed by atoms with Crippen LogP contribution < -0.4 is 10.2 Å². The molecule has 1 N–H and O–H groups in total. The lowest BCUT2D eigenvalue weighted by Crippen LogP contribution is -2.54. The number of carbonyl (C=O) groups is 4. The van der Waals surface area contributed by atoms with Gasteiger partial charge in [-0.3, -0.25) is 29.4 Å². The number of nitrogens with zero attached hydrogens (tertiary/aromatic N) is 3. The summed E-state index contributed by atoms with van der Waals surface area (Å²) in [5.74, 6) is -1.90. The number of carbonyl (C=O) groups excluding carboxylic acids is 4. The van der Waals surface area contributed by atoms with Gasteiger partial charge in [-0.2, -0.15) is 0 Å². The predicted molar refractivity (Wildman–Crippen MR) is 97.4 cm³/mol. The van der Waals surface area contributed by atoms with E-state index < -0.39 is 23.8 Å². The number of benzene rings is 1. The first-order valence-corrected chi connectivity index (χ1v) is 9.17. The van der Waals surface area contributed by atoms with E-state index in [9.17, 15) is 19.2 Å². The molecule has 3 heterocycles. The SMILES string of the molecule is CC1CN(c2ccc3c(c2)C(=O)N(C2CCC(=O)NC2=O)C3=O)CCN1C. The molecule has 4 amide bonds. The summed E-state index contributed by atoms with van der Waals surface area (Å²) >= 11 is 0. The average molecular weight is 370 g/mol. The van der Waals surface area contributed by atoms with Gasteiger partial charge in [-0.05, 0) is 38.6 Å². The minimum absolute atomic E-state index is 0.119. The number of piperidine rings is 1. The fraction of sp³-hybridized carbons (Fsp3) is 0.474. The van der Waals surface area contributed by atoms with Gasteiger partial charge in [0.1, 0.15) is 6.04 Å². The van der Waals surface area contributed by atoms with Crippen molar-refractivity contribution in [2.45, 2.75) is 31.8 Å². The van der Waals surface area contributed by atoms with Gasteiger partial charge in [-0.15, -0.1) is 0 Å². The molecule has 27 heavy (non-hydrogen) atoms. The Labute approximate surface area is 157 Å². The fourth-order valence-corrected chi connectivity index (χ4v) is 3.94. The van der Waals surface area contributed by atoms with Crippen LogP contribution in [0.25, 0.3) is 0 Å². The highest BCUT2D eigenvalue weighted by Crippen LogP contribution is 2.31. The summed E-state index contributed by atoms with van der Waals surface area (Å²) in [6.45, 7) is 4.76. The number of nitrogens with one attached hydrogen (secondary N) is 1. The highest BCUT2D eigenvalue weighted by atomic mass is 16.2. The van der Waals surface area contributed by atoms with Crippen LogP contribution in [0.1, 0.15) is 40.5 Å². The van der Waals surface area contributed by atoms with E-state index in [-0.39, 0.29) is 18.7 Å². The Balaban J connectivity index is 1.60. The number of likely N-dealkylation sites (N-methyl/N-ethyl adjacent to an activating group) is 1. The molecule has 2 fully saturated rings. The molecule has 4 rings (SSSR count). The summed E-state index contributed by atoms with van der Waals surface area (Å²) in [6.07, 6.45) is 0.285. The molecule has 0 aliphatic carbocycles. The Morgan fingerprint density at radius 1 is 1.04 bits per heavy atom. The molecular formula is C19H22N4O4. The van der Waals surface area contributed by atoms with Crippen molar-refractivity contribution in [1.29, 1.82) is 0 Å². The molecule has 2 saturated heterocycles. The van der Waals surface area contributed by atoms with Crippen molar-refractivity contribution in [3.8, 4) is 0 Å². The quantitative estimate of drug-likeness (QED) is 0.750. The van der Waals surface area contributed by atoms with Gasteiger partial charge in [-0.1, -0.05) is 0 Å². The number of piperazine rings is 1. The molecule has 2 atom stereocenters. The molecule has 1 aromatic rings. The second kappa shape index (κ2) is 6.45. The van der Waals surface area contributed by atoms with Crippen LogP contribution in [-0.2, 0) is 9.59 Å². The topological polar surface area (TPSA) is 90.0 Å². The van der Waals surface area contributed by atoms with Gasteiger partial charge < -0.3 is 9.80 Å². The first-order chi connectivity index (χ1) is 12.9. The second-order valence-corrected chi connectivity index (χ2v) is 7.45. The predicted octanol–water partition coefficient (Wildman–Crippen LogP) is 0.228. The third-order valence-electron chi connectivity index (χ3n) is 5.75. The standard InChI is InChI=1S/C19H22N4O4/c1-11-10-22(8-7-21(11)2)12-3-4-13-14(9-12)19(27)23(18(13)26)15-5-6-16(24)20-17(15)25/h3-4,9,11,15H,5-8,10H2,1-2H3,(H,20,24,25). The van der Waals surface area contributed by atoms with Gasteiger partial charge in [-0.25, -0.2) is 0 Å². The van der Waals surface area contributed by atoms with Crippen molar-refractivity contribution in [2.75, 3.05) is 31.6 Å². The van der Waals surface area contributed by atoms with Crippen molar-refractivity contribution in [3.05, 3.63) is 29.3 Å². The molecule has 2 unspecified atom stereocenters. The molecule has 8 nitrogen and oxygen atoms in total. The number of anilines is 1. The van der Waals surface area contributed by atoms with E-state index in [0.717, 1.165) is 30.2 Å². The Hall–Kier alpha value is -2.74. The molecule has 0 saturated carbocycles. The maximum atomic E-state index is 12.9. The number of hydrogen-bond acceptors (Lipinski definition) is 6. The van der Waals surface area contributed by atoms with Crippen LogP contribution in [0.5, 0.6) is 0 Å². The zero-order chi connectivity index (χ0) is 19.3. The van der Waals surface area contributed by atoms with Crippen molar-refractivity contribution < 1.29 is 19.2 Å². The van der Waals surface area contributed by atoms with Crippen molar-refractivity contribution in [3.63, 3.8) is 0 Å². The molecular weight excluding hydrogens is 348 g/mol. The number of hydrogen-bond donors (Lipinski definition) is 1. The van der Waals surface area contributed by atoms with E-state index in [0.29, 0.717) is 17.2 Å². The van der Waals surface area contributed by atoms with Crippen LogP contribution in [0, 0.1) is 0 Å². The molecule has 3 aliphatic heterocycles. The number of imide groups is 2. The Morgan fingerprint density at radius 3 is 2.48 bits per heavy atom. The molecule has 142 valence electrons. The van der Waals surface area contributed by atoms with E-state index in [4.69, 9.17) is 0 Å². The van der Waals surface area contributed by atoms with Crippen molar-refractivity contribution >= 4 is 29.3 Å². The van der Waals surface area contributed by atoms with Gasteiger partial charge in [0.25, 0.3) is 11.8 Å². The molecule has 0 bridgehead atoms. The summed E-state index contributed by atoms with van der Waals surface area (Å²) in [6, 6.07) is 4.74. The van der Waals surface area contributed by atoms with Crippen LogP contribution in [-0.4, -0.2) is 72.2 Å². The van der Waals surface area contributed by atoms with Crippen molar-refractivity contribution in [1.82, 2.24) is 15.1 Å². The lowest BCUT2D eigenvalue weighted by molar-refractivity contribution is -0.136. The lowest BCUT2D eigenvalue weighted by atomic mass is 10.0. The highest BCUT2D eigenvalue weighted by molar-refractivity contribution is 6.23. The van der Waals surface area contributed by atoms with Gasteiger partial charge in [0, 0.05) is 37.8 Å². The number of fused-ring (bicyclic) bond motifs is 1. The highest BCUT2D eigenvalue weighted by Gasteiger charge is 2.44. The number of amides is 4. The summed E-state index contributed by atoms with van der Waals surface area (Å²) in [5.41, 5.74) is 1.55. The summed E-state index contributed by atoms with van der Waals surface area (Å²) in [5, 5.41) is 2.21. The molecule has 8 heteroatoms. The largest absolute Gasteiger partial charge is 0.369 e. The smallest absolute Gasteiger partial charge is 0.262 e.